The van der Waals surface area contributed by atoms with E-state index in [9.17, 15) is 9.59 Å². The predicted molar refractivity (Wildman–Crippen MR) is 106 cm³/mol. The molecule has 0 saturated carbocycles. The van der Waals surface area contributed by atoms with E-state index in [1.807, 2.05) is 25.1 Å². The maximum absolute atomic E-state index is 12.3. The normalized spacial score (nSPS) is 10.0. The summed E-state index contributed by atoms with van der Waals surface area (Å²) in [5.41, 5.74) is 18.3. The lowest BCUT2D eigenvalue weighted by Gasteiger charge is -2.14. The van der Waals surface area contributed by atoms with Gasteiger partial charge in [0.05, 0.1) is 0 Å². The molecule has 2 aromatic carbocycles. The Hall–Kier alpha value is -4.14. The Balaban J connectivity index is 1.63. The van der Waals surface area contributed by atoms with Crippen LogP contribution >= 0.6 is 0 Å². The molecule has 0 aliphatic rings. The molecular formula is C19H19N7O2. The Labute approximate surface area is 161 Å². The van der Waals surface area contributed by atoms with Crippen molar-refractivity contribution < 1.29 is 9.59 Å². The zero-order chi connectivity index (χ0) is 19.9. The number of amides is 2. The highest BCUT2D eigenvalue weighted by Crippen LogP contribution is 2.21. The van der Waals surface area contributed by atoms with Gasteiger partial charge in [0.2, 0.25) is 0 Å². The average Bonchev–Trinajstić information content (AvgIpc) is 2.72. The summed E-state index contributed by atoms with van der Waals surface area (Å²) in [5.74, 6) is -0.302. The first-order chi connectivity index (χ1) is 13.6. The Morgan fingerprint density at radius 3 is 2.04 bits per heavy atom. The molecule has 1 aromatic heterocycles. The summed E-state index contributed by atoms with van der Waals surface area (Å²) in [6.45, 7) is 1.84. The Kier molecular flexibility index (Phi) is 5.66. The van der Waals surface area contributed by atoms with E-state index < -0.39 is 0 Å². The van der Waals surface area contributed by atoms with E-state index in [-0.39, 0.29) is 29.1 Å². The molecule has 3 rings (SSSR count). The number of anilines is 3. The van der Waals surface area contributed by atoms with Crippen molar-refractivity contribution in [3.05, 3.63) is 77.6 Å². The molecule has 0 fully saturated rings. The predicted octanol–water partition coefficient (Wildman–Crippen LogP) is 1.88. The van der Waals surface area contributed by atoms with Crippen molar-refractivity contribution in [1.82, 2.24) is 20.8 Å². The first kappa shape index (κ1) is 18.6. The number of hydrogen-bond donors (Lipinski definition) is 5. The summed E-state index contributed by atoms with van der Waals surface area (Å²) >= 11 is 0. The van der Waals surface area contributed by atoms with Crippen LogP contribution in [0.25, 0.3) is 0 Å². The van der Waals surface area contributed by atoms with Gasteiger partial charge in [0, 0.05) is 11.1 Å². The van der Waals surface area contributed by atoms with Crippen molar-refractivity contribution in [2.24, 2.45) is 0 Å². The second-order valence-electron chi connectivity index (χ2n) is 5.82. The lowest BCUT2D eigenvalue weighted by Crippen LogP contribution is -2.32. The van der Waals surface area contributed by atoms with Crippen LogP contribution in [0.5, 0.6) is 0 Å². The van der Waals surface area contributed by atoms with Crippen LogP contribution in [0.1, 0.15) is 26.3 Å². The molecule has 28 heavy (non-hydrogen) atoms. The van der Waals surface area contributed by atoms with Crippen molar-refractivity contribution in [2.45, 2.75) is 6.92 Å². The third-order valence-electron chi connectivity index (χ3n) is 3.90. The Morgan fingerprint density at radius 1 is 0.821 bits per heavy atom. The van der Waals surface area contributed by atoms with Crippen LogP contribution in [0, 0.1) is 6.92 Å². The van der Waals surface area contributed by atoms with E-state index in [1.165, 1.54) is 6.33 Å². The van der Waals surface area contributed by atoms with E-state index in [1.54, 1.807) is 36.4 Å². The van der Waals surface area contributed by atoms with Gasteiger partial charge in [-0.15, -0.1) is 0 Å². The summed E-state index contributed by atoms with van der Waals surface area (Å²) in [5, 5.41) is 0. The number of nitrogens with zero attached hydrogens (tertiary/aromatic N) is 2. The fourth-order valence-electron chi connectivity index (χ4n) is 2.38. The zero-order valence-corrected chi connectivity index (χ0v) is 15.1. The zero-order valence-electron chi connectivity index (χ0n) is 15.1. The quantitative estimate of drug-likeness (QED) is 0.414. The largest absolute Gasteiger partial charge is 0.393 e. The van der Waals surface area contributed by atoms with Crippen LogP contribution in [0.3, 0.4) is 0 Å². The summed E-state index contributed by atoms with van der Waals surface area (Å²) in [4.78, 5) is 32.4. The van der Waals surface area contributed by atoms with Gasteiger partial charge < -0.3 is 5.73 Å². The highest BCUT2D eigenvalue weighted by Gasteiger charge is 2.12. The third kappa shape index (κ3) is 4.33. The number of nitrogens with one attached hydrogen (secondary N) is 4. The number of benzene rings is 2. The number of aryl methyl sites for hydroxylation is 1. The fourth-order valence-corrected chi connectivity index (χ4v) is 2.38. The molecule has 0 bridgehead atoms. The Morgan fingerprint density at radius 2 is 1.39 bits per heavy atom. The first-order valence-electron chi connectivity index (χ1n) is 8.40. The second kappa shape index (κ2) is 8.49. The minimum Gasteiger partial charge on any atom is -0.393 e. The monoisotopic (exact) mass is 377 g/mol. The number of hydrazine groups is 2. The molecule has 3 aromatic rings. The SMILES string of the molecule is Cc1ccccc1C(=O)NNc1ncnc(NNC(=O)c2ccccc2)c1N. The van der Waals surface area contributed by atoms with Crippen LogP contribution in [0.4, 0.5) is 17.3 Å². The minimum absolute atomic E-state index is 0.126. The lowest BCUT2D eigenvalue weighted by atomic mass is 10.1. The van der Waals surface area contributed by atoms with E-state index in [2.05, 4.69) is 31.7 Å². The second-order valence-corrected chi connectivity index (χ2v) is 5.82. The molecule has 0 aliphatic carbocycles. The molecule has 0 radical (unpaired) electrons. The minimum atomic E-state index is -0.346. The van der Waals surface area contributed by atoms with Crippen LogP contribution in [0.15, 0.2) is 60.9 Å². The van der Waals surface area contributed by atoms with Gasteiger partial charge in [-0.3, -0.25) is 31.3 Å². The van der Waals surface area contributed by atoms with E-state index in [0.717, 1.165) is 5.56 Å². The van der Waals surface area contributed by atoms with Crippen molar-refractivity contribution in [3.63, 3.8) is 0 Å². The van der Waals surface area contributed by atoms with Gasteiger partial charge in [-0.25, -0.2) is 9.97 Å². The van der Waals surface area contributed by atoms with Gasteiger partial charge in [-0.05, 0) is 30.7 Å². The number of carbonyl (C=O) groups is 2. The van der Waals surface area contributed by atoms with Gasteiger partial charge in [0.25, 0.3) is 11.8 Å². The standard InChI is InChI=1S/C19H19N7O2/c1-12-7-5-6-10-14(12)19(28)26-24-17-15(20)16(21-11-22-17)23-25-18(27)13-8-3-2-4-9-13/h2-11H,20H2,1H3,(H,25,27)(H,26,28)(H2,21,22,23,24). The number of aromatic nitrogens is 2. The number of rotatable bonds is 6. The molecule has 2 amide bonds. The molecule has 0 aliphatic heterocycles. The van der Waals surface area contributed by atoms with Crippen molar-refractivity contribution in [1.29, 1.82) is 0 Å². The number of hydrogen-bond acceptors (Lipinski definition) is 7. The third-order valence-corrected chi connectivity index (χ3v) is 3.90. The smallest absolute Gasteiger partial charge is 0.269 e. The van der Waals surface area contributed by atoms with E-state index >= 15 is 0 Å². The van der Waals surface area contributed by atoms with Crippen LogP contribution in [-0.2, 0) is 0 Å². The molecular weight excluding hydrogens is 358 g/mol. The van der Waals surface area contributed by atoms with Crippen LogP contribution in [0.2, 0.25) is 0 Å². The number of nitrogen functional groups attached to an aromatic ring is 1. The molecule has 142 valence electrons. The van der Waals surface area contributed by atoms with E-state index in [4.69, 9.17) is 5.73 Å². The molecule has 1 heterocycles. The molecule has 9 nitrogen and oxygen atoms in total. The van der Waals surface area contributed by atoms with Crippen LogP contribution in [-0.4, -0.2) is 21.8 Å². The summed E-state index contributed by atoms with van der Waals surface area (Å²) in [7, 11) is 0. The molecule has 0 spiro atoms. The summed E-state index contributed by atoms with van der Waals surface area (Å²) < 4.78 is 0. The molecule has 9 heteroatoms. The number of carbonyl (C=O) groups excluding carboxylic acids is 2. The number of nitrogens with two attached hydrogens (primary N) is 1. The van der Waals surface area contributed by atoms with Gasteiger partial charge in [0.1, 0.15) is 12.0 Å². The molecule has 0 atom stereocenters. The maximum atomic E-state index is 12.3. The van der Waals surface area contributed by atoms with Gasteiger partial charge >= 0.3 is 0 Å². The molecule has 6 N–H and O–H groups in total. The van der Waals surface area contributed by atoms with Gasteiger partial charge in [-0.1, -0.05) is 36.4 Å². The van der Waals surface area contributed by atoms with Crippen molar-refractivity contribution in [2.75, 3.05) is 16.6 Å². The molecule has 0 unspecified atom stereocenters. The van der Waals surface area contributed by atoms with E-state index in [0.29, 0.717) is 11.1 Å². The summed E-state index contributed by atoms with van der Waals surface area (Å²) in [6, 6.07) is 15.9. The van der Waals surface area contributed by atoms with Crippen molar-refractivity contribution in [3.8, 4) is 0 Å². The first-order valence-corrected chi connectivity index (χ1v) is 8.40. The average molecular weight is 377 g/mol. The molecule has 0 saturated heterocycles. The van der Waals surface area contributed by atoms with Gasteiger partial charge in [0.15, 0.2) is 11.6 Å². The van der Waals surface area contributed by atoms with Crippen molar-refractivity contribution >= 4 is 29.1 Å². The highest BCUT2D eigenvalue weighted by molar-refractivity contribution is 5.97. The Bertz CT molecular complexity index is 993. The topological polar surface area (TPSA) is 134 Å². The fraction of sp³-hybridized carbons (Fsp3) is 0.0526. The lowest BCUT2D eigenvalue weighted by molar-refractivity contribution is 0.0954. The maximum Gasteiger partial charge on any atom is 0.269 e. The van der Waals surface area contributed by atoms with Crippen LogP contribution < -0.4 is 27.4 Å². The highest BCUT2D eigenvalue weighted by atomic mass is 16.2. The summed E-state index contributed by atoms with van der Waals surface area (Å²) in [6.07, 6.45) is 1.25. The van der Waals surface area contributed by atoms with Gasteiger partial charge in [-0.2, -0.15) is 0 Å².